The standard InChI is InChI=1S/C25H25N3O3S2/c1-15(2)31-22-10-7-16(11-17(22)12-26)25-28-13-23(32-25)20-6-4-5-19-18(20)8-9-21(19)27-14-24(29)33(3)30/h4-7,10-11,13,15,21,27H,8-9,14H2,1-3H3. The van der Waals surface area contributed by atoms with Gasteiger partial charge in [-0.2, -0.15) is 5.26 Å². The van der Waals surface area contributed by atoms with Gasteiger partial charge in [-0.25, -0.2) is 4.98 Å². The number of thiazole rings is 1. The van der Waals surface area contributed by atoms with Crippen LogP contribution in [0.1, 0.15) is 43.0 Å². The monoisotopic (exact) mass is 479 g/mol. The van der Waals surface area contributed by atoms with Crippen molar-refractivity contribution in [2.24, 2.45) is 0 Å². The topological polar surface area (TPSA) is 92.1 Å². The van der Waals surface area contributed by atoms with Gasteiger partial charge in [0, 0.05) is 24.1 Å². The molecule has 0 saturated heterocycles. The summed E-state index contributed by atoms with van der Waals surface area (Å²) in [5.41, 5.74) is 4.96. The molecule has 0 amide bonds. The molecule has 0 aliphatic heterocycles. The summed E-state index contributed by atoms with van der Waals surface area (Å²) in [6.07, 6.45) is 5.08. The molecule has 1 aromatic heterocycles. The summed E-state index contributed by atoms with van der Waals surface area (Å²) >= 11 is 1.59. The molecule has 6 nitrogen and oxygen atoms in total. The van der Waals surface area contributed by atoms with E-state index < -0.39 is 10.8 Å². The number of hydrogen-bond acceptors (Lipinski definition) is 7. The zero-order chi connectivity index (χ0) is 23.5. The lowest BCUT2D eigenvalue weighted by Gasteiger charge is -2.13. The normalized spacial score (nSPS) is 15.8. The van der Waals surface area contributed by atoms with Crippen LogP contribution in [-0.2, 0) is 22.0 Å². The van der Waals surface area contributed by atoms with Crippen molar-refractivity contribution in [3.05, 3.63) is 59.3 Å². The number of hydrogen-bond donors (Lipinski definition) is 1. The van der Waals surface area contributed by atoms with E-state index in [0.717, 1.165) is 33.9 Å². The van der Waals surface area contributed by atoms with E-state index in [1.54, 1.807) is 11.3 Å². The van der Waals surface area contributed by atoms with Crippen molar-refractivity contribution in [2.75, 3.05) is 12.8 Å². The fraction of sp³-hybridized carbons (Fsp3) is 0.320. The largest absolute Gasteiger partial charge is 0.490 e. The summed E-state index contributed by atoms with van der Waals surface area (Å²) in [7, 11) is -1.46. The number of aromatic nitrogens is 1. The predicted octanol–water partition coefficient (Wildman–Crippen LogP) is 4.62. The van der Waals surface area contributed by atoms with Crippen molar-refractivity contribution in [2.45, 2.75) is 38.8 Å². The third kappa shape index (κ3) is 5.06. The zero-order valence-corrected chi connectivity index (χ0v) is 20.4. The molecule has 8 heteroatoms. The number of ether oxygens (including phenoxy) is 1. The SMILES string of the molecule is CC(C)Oc1ccc(-c2ncc(-c3cccc4c3CCC4NCC(=O)S(C)=O)s2)cc1C#N. The van der Waals surface area contributed by atoms with Crippen LogP contribution >= 0.6 is 11.3 Å². The Hall–Kier alpha value is -2.86. The number of rotatable bonds is 7. The predicted molar refractivity (Wildman–Crippen MR) is 132 cm³/mol. The highest BCUT2D eigenvalue weighted by molar-refractivity contribution is 7.99. The van der Waals surface area contributed by atoms with Crippen LogP contribution in [0.3, 0.4) is 0 Å². The summed E-state index contributed by atoms with van der Waals surface area (Å²) in [5, 5.41) is 13.4. The fourth-order valence-electron chi connectivity index (χ4n) is 4.04. The summed E-state index contributed by atoms with van der Waals surface area (Å²) in [4.78, 5) is 17.5. The maximum Gasteiger partial charge on any atom is 0.232 e. The summed E-state index contributed by atoms with van der Waals surface area (Å²) in [6, 6.07) is 14.1. The molecular formula is C25H25N3O3S2. The van der Waals surface area contributed by atoms with Gasteiger partial charge in [-0.1, -0.05) is 18.2 Å². The first kappa shape index (κ1) is 23.3. The Morgan fingerprint density at radius 2 is 2.18 bits per heavy atom. The molecule has 1 aliphatic rings. The quantitative estimate of drug-likeness (QED) is 0.532. The first-order valence-electron chi connectivity index (χ1n) is 10.8. The van der Waals surface area contributed by atoms with Crippen LogP contribution in [0.5, 0.6) is 5.75 Å². The Morgan fingerprint density at radius 1 is 1.36 bits per heavy atom. The highest BCUT2D eigenvalue weighted by Crippen LogP contribution is 2.41. The number of nitrogens with one attached hydrogen (secondary N) is 1. The second-order valence-electron chi connectivity index (χ2n) is 8.19. The molecule has 2 aromatic carbocycles. The first-order chi connectivity index (χ1) is 15.9. The van der Waals surface area contributed by atoms with Gasteiger partial charge in [-0.05, 0) is 61.6 Å². The molecule has 0 bridgehead atoms. The van der Waals surface area contributed by atoms with E-state index in [-0.39, 0.29) is 23.8 Å². The van der Waals surface area contributed by atoms with E-state index in [1.807, 2.05) is 44.3 Å². The first-order valence-corrected chi connectivity index (χ1v) is 13.1. The second-order valence-corrected chi connectivity index (χ2v) is 10.6. The summed E-state index contributed by atoms with van der Waals surface area (Å²) in [6.45, 7) is 3.98. The second kappa shape index (κ2) is 9.96. The molecule has 0 fully saturated rings. The minimum atomic E-state index is -1.46. The van der Waals surface area contributed by atoms with E-state index >= 15 is 0 Å². The lowest BCUT2D eigenvalue weighted by molar-refractivity contribution is -0.110. The van der Waals surface area contributed by atoms with Crippen molar-refractivity contribution in [3.8, 4) is 32.8 Å². The molecule has 0 radical (unpaired) electrons. The zero-order valence-electron chi connectivity index (χ0n) is 18.8. The van der Waals surface area contributed by atoms with Crippen molar-refractivity contribution >= 4 is 27.3 Å². The van der Waals surface area contributed by atoms with Crippen molar-refractivity contribution in [1.29, 1.82) is 5.26 Å². The Kier molecular flexibility index (Phi) is 7.03. The van der Waals surface area contributed by atoms with Gasteiger partial charge in [0.25, 0.3) is 0 Å². The van der Waals surface area contributed by atoms with Gasteiger partial charge in [-0.15, -0.1) is 11.3 Å². The van der Waals surface area contributed by atoms with Crippen LogP contribution < -0.4 is 10.1 Å². The van der Waals surface area contributed by atoms with Gasteiger partial charge < -0.3 is 10.1 Å². The molecule has 1 N–H and O–H groups in total. The Morgan fingerprint density at radius 3 is 2.91 bits per heavy atom. The van der Waals surface area contributed by atoms with E-state index in [2.05, 4.69) is 28.5 Å². The number of nitrogens with zero attached hydrogens (tertiary/aromatic N) is 2. The number of nitriles is 1. The summed E-state index contributed by atoms with van der Waals surface area (Å²) in [5.74, 6) is 0.581. The van der Waals surface area contributed by atoms with Gasteiger partial charge in [0.05, 0.1) is 33.9 Å². The summed E-state index contributed by atoms with van der Waals surface area (Å²) < 4.78 is 17.1. The third-order valence-corrected chi connectivity index (χ3v) is 7.43. The Balaban J connectivity index is 1.59. The number of benzene rings is 2. The Labute approximate surface area is 200 Å². The number of carbonyl (C=O) groups is 1. The average Bonchev–Trinajstić information content (AvgIpc) is 3.44. The molecule has 2 unspecified atom stereocenters. The Bertz CT molecular complexity index is 1260. The molecule has 3 aromatic rings. The van der Waals surface area contributed by atoms with Crippen molar-refractivity contribution < 1.29 is 13.7 Å². The lowest BCUT2D eigenvalue weighted by Crippen LogP contribution is -2.28. The minimum Gasteiger partial charge on any atom is -0.490 e. The molecule has 170 valence electrons. The van der Waals surface area contributed by atoms with Gasteiger partial charge >= 0.3 is 0 Å². The van der Waals surface area contributed by atoms with Gasteiger partial charge in [0.1, 0.15) is 16.8 Å². The molecule has 33 heavy (non-hydrogen) atoms. The highest BCUT2D eigenvalue weighted by Gasteiger charge is 2.26. The van der Waals surface area contributed by atoms with Crippen LogP contribution in [0.2, 0.25) is 0 Å². The van der Waals surface area contributed by atoms with Crippen LogP contribution in [0.15, 0.2) is 42.6 Å². The molecule has 2 atom stereocenters. The van der Waals surface area contributed by atoms with Crippen LogP contribution in [0.4, 0.5) is 0 Å². The van der Waals surface area contributed by atoms with Crippen LogP contribution in [0.25, 0.3) is 21.0 Å². The minimum absolute atomic E-state index is 0.00449. The van der Waals surface area contributed by atoms with Crippen LogP contribution in [-0.4, -0.2) is 33.2 Å². The lowest BCUT2D eigenvalue weighted by atomic mass is 10.0. The van der Waals surface area contributed by atoms with Crippen molar-refractivity contribution in [1.82, 2.24) is 10.3 Å². The van der Waals surface area contributed by atoms with Gasteiger partial charge in [-0.3, -0.25) is 9.00 Å². The van der Waals surface area contributed by atoms with E-state index in [9.17, 15) is 14.3 Å². The fourth-order valence-corrected chi connectivity index (χ4v) is 5.30. The van der Waals surface area contributed by atoms with Gasteiger partial charge in [0.15, 0.2) is 0 Å². The van der Waals surface area contributed by atoms with E-state index in [1.165, 1.54) is 17.4 Å². The van der Waals surface area contributed by atoms with E-state index in [4.69, 9.17) is 4.74 Å². The molecular weight excluding hydrogens is 454 g/mol. The number of carbonyl (C=O) groups excluding carboxylic acids is 1. The molecule has 4 rings (SSSR count). The molecule has 0 saturated carbocycles. The average molecular weight is 480 g/mol. The van der Waals surface area contributed by atoms with Crippen LogP contribution in [0, 0.1) is 11.3 Å². The number of fused-ring (bicyclic) bond motifs is 1. The van der Waals surface area contributed by atoms with E-state index in [0.29, 0.717) is 11.3 Å². The van der Waals surface area contributed by atoms with Gasteiger partial charge in [0.2, 0.25) is 5.12 Å². The van der Waals surface area contributed by atoms with Crippen molar-refractivity contribution in [3.63, 3.8) is 0 Å². The molecule has 1 heterocycles. The maximum atomic E-state index is 11.8. The molecule has 1 aliphatic carbocycles. The third-order valence-electron chi connectivity index (χ3n) is 5.56. The molecule has 0 spiro atoms. The highest BCUT2D eigenvalue weighted by atomic mass is 32.2. The maximum absolute atomic E-state index is 11.8. The smallest absolute Gasteiger partial charge is 0.232 e.